The van der Waals surface area contributed by atoms with Gasteiger partial charge in [0.05, 0.1) is 11.9 Å². The number of hydrogen-bond donors (Lipinski definition) is 2. The number of amides is 2. The van der Waals surface area contributed by atoms with Gasteiger partial charge < -0.3 is 10.6 Å². The SMILES string of the molecule is Cc1ccc(NC(=O)Nc2ccc(C(C)(C)C)cc2)cn1. The lowest BCUT2D eigenvalue weighted by molar-refractivity contribution is 0.262. The van der Waals surface area contributed by atoms with Gasteiger partial charge in [0.1, 0.15) is 0 Å². The zero-order valence-electron chi connectivity index (χ0n) is 12.9. The van der Waals surface area contributed by atoms with Crippen LogP contribution in [-0.2, 0) is 5.41 Å². The summed E-state index contributed by atoms with van der Waals surface area (Å²) >= 11 is 0. The number of rotatable bonds is 2. The number of nitrogens with zero attached hydrogens (tertiary/aromatic N) is 1. The molecule has 110 valence electrons. The molecule has 2 N–H and O–H groups in total. The van der Waals surface area contributed by atoms with E-state index in [1.807, 2.05) is 43.3 Å². The summed E-state index contributed by atoms with van der Waals surface area (Å²) < 4.78 is 0. The van der Waals surface area contributed by atoms with Gasteiger partial charge >= 0.3 is 6.03 Å². The molecule has 4 heteroatoms. The standard InChI is InChI=1S/C17H21N3O/c1-12-5-8-15(11-18-12)20-16(21)19-14-9-6-13(7-10-14)17(2,3)4/h5-11H,1-4H3,(H2,19,20,21). The van der Waals surface area contributed by atoms with Gasteiger partial charge in [0.25, 0.3) is 0 Å². The third-order valence-electron chi connectivity index (χ3n) is 3.18. The number of carbonyl (C=O) groups is 1. The number of hydrogen-bond acceptors (Lipinski definition) is 2. The zero-order valence-corrected chi connectivity index (χ0v) is 12.9. The Morgan fingerprint density at radius 3 is 2.05 bits per heavy atom. The van der Waals surface area contributed by atoms with Gasteiger partial charge in [-0.1, -0.05) is 32.9 Å². The van der Waals surface area contributed by atoms with Crippen LogP contribution in [0.5, 0.6) is 0 Å². The van der Waals surface area contributed by atoms with E-state index in [4.69, 9.17) is 0 Å². The van der Waals surface area contributed by atoms with E-state index >= 15 is 0 Å². The maximum Gasteiger partial charge on any atom is 0.323 e. The topological polar surface area (TPSA) is 54.0 Å². The van der Waals surface area contributed by atoms with Crippen LogP contribution in [0.1, 0.15) is 32.0 Å². The summed E-state index contributed by atoms with van der Waals surface area (Å²) in [5.74, 6) is 0. The van der Waals surface area contributed by atoms with Crippen LogP contribution in [0.25, 0.3) is 0 Å². The Morgan fingerprint density at radius 1 is 0.952 bits per heavy atom. The lowest BCUT2D eigenvalue weighted by Gasteiger charge is -2.19. The molecular weight excluding hydrogens is 262 g/mol. The molecule has 0 saturated heterocycles. The highest BCUT2D eigenvalue weighted by molar-refractivity contribution is 5.99. The molecule has 1 aromatic heterocycles. The van der Waals surface area contributed by atoms with Crippen molar-refractivity contribution < 1.29 is 4.79 Å². The molecule has 0 aliphatic carbocycles. The number of urea groups is 1. The van der Waals surface area contributed by atoms with Crippen LogP contribution in [0.4, 0.5) is 16.2 Å². The molecule has 0 spiro atoms. The van der Waals surface area contributed by atoms with Crippen LogP contribution < -0.4 is 10.6 Å². The Balaban J connectivity index is 1.98. The monoisotopic (exact) mass is 283 g/mol. The van der Waals surface area contributed by atoms with Crippen molar-refractivity contribution in [2.75, 3.05) is 10.6 Å². The van der Waals surface area contributed by atoms with Crippen molar-refractivity contribution in [3.8, 4) is 0 Å². The minimum atomic E-state index is -0.274. The second-order valence-electron chi connectivity index (χ2n) is 6.09. The summed E-state index contributed by atoms with van der Waals surface area (Å²) in [5, 5.41) is 5.56. The van der Waals surface area contributed by atoms with Gasteiger partial charge in [0.15, 0.2) is 0 Å². The average Bonchev–Trinajstić information content (AvgIpc) is 2.41. The fraction of sp³-hybridized carbons (Fsp3) is 0.294. The highest BCUT2D eigenvalue weighted by atomic mass is 16.2. The van der Waals surface area contributed by atoms with E-state index in [0.29, 0.717) is 5.69 Å². The summed E-state index contributed by atoms with van der Waals surface area (Å²) in [6.45, 7) is 8.38. The molecule has 0 aliphatic rings. The van der Waals surface area contributed by atoms with Gasteiger partial charge in [-0.05, 0) is 42.2 Å². The molecule has 0 bridgehead atoms. The van der Waals surface area contributed by atoms with Gasteiger partial charge in [0, 0.05) is 11.4 Å². The average molecular weight is 283 g/mol. The molecule has 2 aromatic rings. The summed E-state index contributed by atoms with van der Waals surface area (Å²) in [7, 11) is 0. The molecule has 0 fully saturated rings. The Labute approximate surface area is 125 Å². The maximum absolute atomic E-state index is 11.9. The van der Waals surface area contributed by atoms with Crippen LogP contribution in [-0.4, -0.2) is 11.0 Å². The van der Waals surface area contributed by atoms with Crippen molar-refractivity contribution in [1.82, 2.24) is 4.98 Å². The van der Waals surface area contributed by atoms with E-state index in [2.05, 4.69) is 36.4 Å². The molecule has 0 unspecified atom stereocenters. The van der Waals surface area contributed by atoms with Crippen molar-refractivity contribution in [3.05, 3.63) is 53.9 Å². The zero-order chi connectivity index (χ0) is 15.5. The molecule has 0 saturated carbocycles. The first-order valence-corrected chi connectivity index (χ1v) is 6.96. The summed E-state index contributed by atoms with van der Waals surface area (Å²) in [6.07, 6.45) is 1.64. The Kier molecular flexibility index (Phi) is 4.26. The molecule has 0 radical (unpaired) electrons. The minimum absolute atomic E-state index is 0.106. The first-order valence-electron chi connectivity index (χ1n) is 6.96. The predicted octanol–water partition coefficient (Wildman–Crippen LogP) is 4.33. The van der Waals surface area contributed by atoms with Crippen LogP contribution in [0.15, 0.2) is 42.6 Å². The van der Waals surface area contributed by atoms with Crippen molar-refractivity contribution in [1.29, 1.82) is 0 Å². The molecular formula is C17H21N3O. The fourth-order valence-corrected chi connectivity index (χ4v) is 1.89. The van der Waals surface area contributed by atoms with E-state index in [1.165, 1.54) is 5.56 Å². The molecule has 0 atom stereocenters. The van der Waals surface area contributed by atoms with E-state index in [-0.39, 0.29) is 11.4 Å². The number of carbonyl (C=O) groups excluding carboxylic acids is 1. The first kappa shape index (κ1) is 15.0. The highest BCUT2D eigenvalue weighted by Gasteiger charge is 2.13. The predicted molar refractivity (Wildman–Crippen MR) is 86.8 cm³/mol. The minimum Gasteiger partial charge on any atom is -0.308 e. The van der Waals surface area contributed by atoms with Crippen LogP contribution in [0.2, 0.25) is 0 Å². The molecule has 21 heavy (non-hydrogen) atoms. The first-order chi connectivity index (χ1) is 9.84. The normalized spacial score (nSPS) is 11.0. The number of benzene rings is 1. The molecule has 0 aliphatic heterocycles. The maximum atomic E-state index is 11.9. The Morgan fingerprint density at radius 2 is 1.52 bits per heavy atom. The largest absolute Gasteiger partial charge is 0.323 e. The van der Waals surface area contributed by atoms with Gasteiger partial charge in [0.2, 0.25) is 0 Å². The van der Waals surface area contributed by atoms with Crippen molar-refractivity contribution in [2.45, 2.75) is 33.1 Å². The number of nitrogens with one attached hydrogen (secondary N) is 2. The smallest absolute Gasteiger partial charge is 0.308 e. The molecule has 1 aromatic carbocycles. The molecule has 2 amide bonds. The Hall–Kier alpha value is -2.36. The van der Waals surface area contributed by atoms with Crippen molar-refractivity contribution >= 4 is 17.4 Å². The quantitative estimate of drug-likeness (QED) is 0.861. The van der Waals surface area contributed by atoms with Gasteiger partial charge in [-0.25, -0.2) is 4.79 Å². The summed E-state index contributed by atoms with van der Waals surface area (Å²) in [5.41, 5.74) is 3.69. The van der Waals surface area contributed by atoms with Crippen LogP contribution in [0, 0.1) is 6.92 Å². The summed E-state index contributed by atoms with van der Waals surface area (Å²) in [4.78, 5) is 16.0. The van der Waals surface area contributed by atoms with E-state index < -0.39 is 0 Å². The third kappa shape index (κ3) is 4.31. The van der Waals surface area contributed by atoms with Crippen LogP contribution >= 0.6 is 0 Å². The second kappa shape index (κ2) is 5.95. The Bertz CT molecular complexity index is 610. The van der Waals surface area contributed by atoms with Gasteiger partial charge in [-0.2, -0.15) is 0 Å². The molecule has 2 rings (SSSR count). The lowest BCUT2D eigenvalue weighted by atomic mass is 9.87. The van der Waals surface area contributed by atoms with E-state index in [1.54, 1.807) is 6.20 Å². The lowest BCUT2D eigenvalue weighted by Crippen LogP contribution is -2.19. The molecule has 1 heterocycles. The van der Waals surface area contributed by atoms with Crippen molar-refractivity contribution in [3.63, 3.8) is 0 Å². The van der Waals surface area contributed by atoms with E-state index in [9.17, 15) is 4.79 Å². The molecule has 4 nitrogen and oxygen atoms in total. The number of anilines is 2. The second-order valence-corrected chi connectivity index (χ2v) is 6.09. The van der Waals surface area contributed by atoms with Crippen molar-refractivity contribution in [2.24, 2.45) is 0 Å². The summed E-state index contributed by atoms with van der Waals surface area (Å²) in [6, 6.07) is 11.3. The number of pyridine rings is 1. The number of aromatic nitrogens is 1. The van der Waals surface area contributed by atoms with Gasteiger partial charge in [-0.15, -0.1) is 0 Å². The fourth-order valence-electron chi connectivity index (χ4n) is 1.89. The van der Waals surface area contributed by atoms with Crippen LogP contribution in [0.3, 0.4) is 0 Å². The van der Waals surface area contributed by atoms with E-state index in [0.717, 1.165) is 11.4 Å². The third-order valence-corrected chi connectivity index (χ3v) is 3.18. The van der Waals surface area contributed by atoms with Gasteiger partial charge in [-0.3, -0.25) is 4.98 Å². The number of aryl methyl sites for hydroxylation is 1. The highest BCUT2D eigenvalue weighted by Crippen LogP contribution is 2.23.